The molecule has 0 heterocycles. The van der Waals surface area contributed by atoms with E-state index in [-0.39, 0.29) is 11.8 Å². The van der Waals surface area contributed by atoms with Crippen LogP contribution in [0.25, 0.3) is 0 Å². The van der Waals surface area contributed by atoms with E-state index in [0.717, 1.165) is 25.8 Å². The molecule has 0 saturated carbocycles. The summed E-state index contributed by atoms with van der Waals surface area (Å²) in [5.74, 6) is 0.664. The third-order valence-corrected chi connectivity index (χ3v) is 3.37. The molecule has 19 heavy (non-hydrogen) atoms. The number of Topliss-reactive ketones (excluding diaryl/α,β-unsaturated/α-hetero) is 1. The van der Waals surface area contributed by atoms with Crippen molar-refractivity contribution in [1.29, 1.82) is 0 Å². The van der Waals surface area contributed by atoms with Crippen LogP contribution in [0.5, 0.6) is 0 Å². The number of carbonyl (C=O) groups excluding carboxylic acids is 2. The van der Waals surface area contributed by atoms with Gasteiger partial charge in [0.15, 0.2) is 0 Å². The summed E-state index contributed by atoms with van der Waals surface area (Å²) in [6, 6.07) is 0. The molecule has 3 nitrogen and oxygen atoms in total. The van der Waals surface area contributed by atoms with Crippen LogP contribution in [0.2, 0.25) is 0 Å². The number of rotatable bonds is 12. The Morgan fingerprint density at radius 3 is 1.79 bits per heavy atom. The van der Waals surface area contributed by atoms with Gasteiger partial charge in [-0.2, -0.15) is 0 Å². The Labute approximate surface area is 118 Å². The molecule has 0 aliphatic heterocycles. The van der Waals surface area contributed by atoms with Crippen molar-refractivity contribution >= 4 is 11.7 Å². The lowest BCUT2D eigenvalue weighted by molar-refractivity contribution is -0.122. The van der Waals surface area contributed by atoms with Crippen LogP contribution in [0.15, 0.2) is 0 Å². The first-order valence-electron chi connectivity index (χ1n) is 7.81. The molecule has 0 spiro atoms. The zero-order chi connectivity index (χ0) is 14.5. The predicted molar refractivity (Wildman–Crippen MR) is 80.1 cm³/mol. The zero-order valence-electron chi connectivity index (χ0n) is 13.0. The number of unbranched alkanes of at least 4 members (excludes halogenated alkanes) is 7. The third kappa shape index (κ3) is 13.4. The molecule has 0 atom stereocenters. The highest BCUT2D eigenvalue weighted by Crippen LogP contribution is 2.11. The topological polar surface area (TPSA) is 46.2 Å². The molecular formula is C16H31NO2. The van der Waals surface area contributed by atoms with E-state index in [2.05, 4.69) is 5.32 Å². The minimum Gasteiger partial charge on any atom is -0.356 e. The van der Waals surface area contributed by atoms with Crippen LogP contribution in [0.1, 0.15) is 78.6 Å². The summed E-state index contributed by atoms with van der Waals surface area (Å²) in [6.45, 7) is 6.32. The Kier molecular flexibility index (Phi) is 11.6. The molecule has 0 aromatic rings. The zero-order valence-corrected chi connectivity index (χ0v) is 13.0. The quantitative estimate of drug-likeness (QED) is 0.547. The Balaban J connectivity index is 3.11. The smallest absolute Gasteiger partial charge is 0.216 e. The maximum atomic E-state index is 11.4. The van der Waals surface area contributed by atoms with Gasteiger partial charge in [0.25, 0.3) is 0 Å². The van der Waals surface area contributed by atoms with Crippen molar-refractivity contribution in [1.82, 2.24) is 5.32 Å². The van der Waals surface area contributed by atoms with Gasteiger partial charge in [0, 0.05) is 25.8 Å². The first kappa shape index (κ1) is 18.1. The highest BCUT2D eigenvalue weighted by molar-refractivity contribution is 5.80. The van der Waals surface area contributed by atoms with Gasteiger partial charge < -0.3 is 5.32 Å². The fourth-order valence-electron chi connectivity index (χ4n) is 2.04. The van der Waals surface area contributed by atoms with E-state index in [1.165, 1.54) is 38.5 Å². The van der Waals surface area contributed by atoms with Gasteiger partial charge in [0.1, 0.15) is 5.78 Å². The average Bonchev–Trinajstić information content (AvgIpc) is 2.35. The minimum absolute atomic E-state index is 0.0657. The van der Waals surface area contributed by atoms with E-state index in [4.69, 9.17) is 0 Å². The van der Waals surface area contributed by atoms with Gasteiger partial charge in [-0.15, -0.1) is 0 Å². The Morgan fingerprint density at radius 2 is 1.32 bits per heavy atom. The van der Waals surface area contributed by atoms with E-state index in [1.807, 2.05) is 13.8 Å². The Hall–Kier alpha value is -0.860. The molecule has 0 aromatic carbocycles. The molecule has 0 aliphatic rings. The molecule has 0 bridgehead atoms. The molecule has 0 radical (unpaired) electrons. The monoisotopic (exact) mass is 269 g/mol. The molecule has 112 valence electrons. The lowest BCUT2D eigenvalue weighted by Crippen LogP contribution is -2.20. The van der Waals surface area contributed by atoms with Crippen LogP contribution >= 0.6 is 0 Å². The van der Waals surface area contributed by atoms with Gasteiger partial charge in [-0.25, -0.2) is 0 Å². The lowest BCUT2D eigenvalue weighted by atomic mass is 10.0. The second-order valence-corrected chi connectivity index (χ2v) is 5.68. The first-order valence-corrected chi connectivity index (χ1v) is 7.81. The maximum Gasteiger partial charge on any atom is 0.216 e. The molecule has 0 rings (SSSR count). The summed E-state index contributed by atoms with van der Waals surface area (Å²) in [4.78, 5) is 22.0. The van der Waals surface area contributed by atoms with Crippen LogP contribution in [0.3, 0.4) is 0 Å². The van der Waals surface area contributed by atoms with Crippen molar-refractivity contribution in [3.63, 3.8) is 0 Å². The van der Waals surface area contributed by atoms with E-state index in [1.54, 1.807) is 6.92 Å². The minimum atomic E-state index is 0.0657. The molecule has 0 aliphatic carbocycles. The summed E-state index contributed by atoms with van der Waals surface area (Å²) >= 11 is 0. The van der Waals surface area contributed by atoms with E-state index in [0.29, 0.717) is 5.78 Å². The second-order valence-electron chi connectivity index (χ2n) is 5.68. The number of carbonyl (C=O) groups is 2. The molecule has 0 saturated heterocycles. The SMILES string of the molecule is CC(=O)NCCCCCCCCCCC(=O)C(C)C. The number of nitrogens with one attached hydrogen (secondary N) is 1. The van der Waals surface area contributed by atoms with Crippen molar-refractivity contribution in [3.8, 4) is 0 Å². The molecule has 0 aromatic heterocycles. The summed E-state index contributed by atoms with van der Waals surface area (Å²) in [5.41, 5.74) is 0. The van der Waals surface area contributed by atoms with Crippen LogP contribution < -0.4 is 5.32 Å². The molecule has 1 amide bonds. The van der Waals surface area contributed by atoms with Gasteiger partial charge in [0.2, 0.25) is 5.91 Å². The number of ketones is 1. The van der Waals surface area contributed by atoms with Crippen molar-refractivity contribution in [3.05, 3.63) is 0 Å². The van der Waals surface area contributed by atoms with Crippen LogP contribution in [0, 0.1) is 5.92 Å². The van der Waals surface area contributed by atoms with E-state index >= 15 is 0 Å². The van der Waals surface area contributed by atoms with E-state index in [9.17, 15) is 9.59 Å². The standard InChI is InChI=1S/C16H31NO2/c1-14(2)16(19)12-10-8-6-4-5-7-9-11-13-17-15(3)18/h14H,4-13H2,1-3H3,(H,17,18). The van der Waals surface area contributed by atoms with Crippen molar-refractivity contribution < 1.29 is 9.59 Å². The van der Waals surface area contributed by atoms with Crippen molar-refractivity contribution in [2.75, 3.05) is 6.54 Å². The molecule has 1 N–H and O–H groups in total. The van der Waals surface area contributed by atoms with Crippen LogP contribution in [0.4, 0.5) is 0 Å². The number of hydrogen-bond donors (Lipinski definition) is 1. The number of hydrogen-bond acceptors (Lipinski definition) is 2. The highest BCUT2D eigenvalue weighted by Gasteiger charge is 2.05. The van der Waals surface area contributed by atoms with Gasteiger partial charge in [0.05, 0.1) is 0 Å². The predicted octanol–water partition coefficient (Wildman–Crippen LogP) is 3.86. The average molecular weight is 269 g/mol. The van der Waals surface area contributed by atoms with Gasteiger partial charge >= 0.3 is 0 Å². The largest absolute Gasteiger partial charge is 0.356 e. The van der Waals surface area contributed by atoms with Gasteiger partial charge in [-0.1, -0.05) is 52.4 Å². The molecule has 0 unspecified atom stereocenters. The van der Waals surface area contributed by atoms with Crippen LogP contribution in [-0.2, 0) is 9.59 Å². The van der Waals surface area contributed by atoms with Crippen LogP contribution in [-0.4, -0.2) is 18.2 Å². The summed E-state index contributed by atoms with van der Waals surface area (Å²) < 4.78 is 0. The van der Waals surface area contributed by atoms with Crippen molar-refractivity contribution in [2.24, 2.45) is 5.92 Å². The maximum absolute atomic E-state index is 11.4. The van der Waals surface area contributed by atoms with E-state index < -0.39 is 0 Å². The Bertz CT molecular complexity index is 249. The second kappa shape index (κ2) is 12.2. The molecule has 0 fully saturated rings. The highest BCUT2D eigenvalue weighted by atomic mass is 16.1. The number of amides is 1. The lowest BCUT2D eigenvalue weighted by Gasteiger charge is -2.04. The fraction of sp³-hybridized carbons (Fsp3) is 0.875. The fourth-order valence-corrected chi connectivity index (χ4v) is 2.04. The molecule has 3 heteroatoms. The van der Waals surface area contributed by atoms with Gasteiger partial charge in [-0.05, 0) is 12.8 Å². The van der Waals surface area contributed by atoms with Gasteiger partial charge in [-0.3, -0.25) is 9.59 Å². The summed E-state index contributed by atoms with van der Waals surface area (Å²) in [7, 11) is 0. The first-order chi connectivity index (χ1) is 9.04. The molecular weight excluding hydrogens is 238 g/mol. The summed E-state index contributed by atoms with van der Waals surface area (Å²) in [5, 5.41) is 2.81. The third-order valence-electron chi connectivity index (χ3n) is 3.37. The normalized spacial score (nSPS) is 10.7. The van der Waals surface area contributed by atoms with Crippen molar-refractivity contribution in [2.45, 2.75) is 78.6 Å². The Morgan fingerprint density at radius 1 is 0.842 bits per heavy atom. The summed E-state index contributed by atoms with van der Waals surface area (Å²) in [6.07, 6.45) is 10.3.